The molecule has 0 atom stereocenters. The number of fused-ring (bicyclic) bond motifs is 1. The lowest BCUT2D eigenvalue weighted by Crippen LogP contribution is -2.24. The summed E-state index contributed by atoms with van der Waals surface area (Å²) in [6.45, 7) is 2.09. The van der Waals surface area contributed by atoms with Crippen LogP contribution in [-0.4, -0.2) is 23.7 Å². The molecule has 0 aliphatic heterocycles. The van der Waals surface area contributed by atoms with Gasteiger partial charge in [0.15, 0.2) is 6.61 Å². The minimum Gasteiger partial charge on any atom is -0.484 e. The van der Waals surface area contributed by atoms with Crippen molar-refractivity contribution < 1.29 is 9.53 Å². The van der Waals surface area contributed by atoms with Gasteiger partial charge in [0.05, 0.1) is 11.7 Å². The number of nitrogens with one attached hydrogen (secondary N) is 1. The van der Waals surface area contributed by atoms with Crippen LogP contribution in [0.15, 0.2) is 65.9 Å². The Labute approximate surface area is 159 Å². The SMILES string of the molecule is CCCCc1ccc(OCC(=O)N/N=C\c2cccc3cccnc23)cc1. The van der Waals surface area contributed by atoms with E-state index in [1.165, 1.54) is 18.4 Å². The van der Waals surface area contributed by atoms with Crippen molar-refractivity contribution in [2.24, 2.45) is 5.10 Å². The van der Waals surface area contributed by atoms with Crippen LogP contribution in [0.5, 0.6) is 5.75 Å². The number of aromatic nitrogens is 1. The Hall–Kier alpha value is -3.21. The number of nitrogens with zero attached hydrogens (tertiary/aromatic N) is 2. The molecule has 1 heterocycles. The van der Waals surface area contributed by atoms with Gasteiger partial charge in [-0.2, -0.15) is 5.10 Å². The van der Waals surface area contributed by atoms with Gasteiger partial charge in [0.1, 0.15) is 5.75 Å². The van der Waals surface area contributed by atoms with E-state index in [0.29, 0.717) is 5.75 Å². The molecular weight excluding hydrogens is 338 g/mol. The smallest absolute Gasteiger partial charge is 0.277 e. The van der Waals surface area contributed by atoms with E-state index in [4.69, 9.17) is 4.74 Å². The Morgan fingerprint density at radius 3 is 2.78 bits per heavy atom. The number of benzene rings is 2. The van der Waals surface area contributed by atoms with Crippen LogP contribution in [-0.2, 0) is 11.2 Å². The second-order valence-corrected chi connectivity index (χ2v) is 6.25. The van der Waals surface area contributed by atoms with Gasteiger partial charge in [-0.3, -0.25) is 9.78 Å². The van der Waals surface area contributed by atoms with E-state index in [9.17, 15) is 4.79 Å². The first-order valence-electron chi connectivity index (χ1n) is 9.13. The van der Waals surface area contributed by atoms with Crippen molar-refractivity contribution in [1.29, 1.82) is 0 Å². The first kappa shape index (κ1) is 18.6. The molecule has 0 radical (unpaired) electrons. The summed E-state index contributed by atoms with van der Waals surface area (Å²) in [5.74, 6) is 0.363. The molecule has 5 nitrogen and oxygen atoms in total. The van der Waals surface area contributed by atoms with Crippen molar-refractivity contribution in [1.82, 2.24) is 10.4 Å². The molecule has 0 saturated carbocycles. The number of para-hydroxylation sites is 1. The number of carbonyl (C=O) groups is 1. The summed E-state index contributed by atoms with van der Waals surface area (Å²) in [7, 11) is 0. The third-order valence-corrected chi connectivity index (χ3v) is 4.17. The van der Waals surface area contributed by atoms with Gasteiger partial charge in [0, 0.05) is 17.1 Å². The number of aryl methyl sites for hydroxylation is 1. The Balaban J connectivity index is 1.50. The van der Waals surface area contributed by atoms with Crippen molar-refractivity contribution in [2.75, 3.05) is 6.61 Å². The molecule has 0 bridgehead atoms. The molecule has 1 amide bonds. The lowest BCUT2D eigenvalue weighted by atomic mass is 10.1. The summed E-state index contributed by atoms with van der Waals surface area (Å²) in [5, 5.41) is 5.03. The van der Waals surface area contributed by atoms with Crippen molar-refractivity contribution in [3.8, 4) is 5.75 Å². The second kappa shape index (κ2) is 9.48. The fourth-order valence-corrected chi connectivity index (χ4v) is 2.72. The van der Waals surface area contributed by atoms with Gasteiger partial charge >= 0.3 is 0 Å². The Morgan fingerprint density at radius 2 is 1.96 bits per heavy atom. The Kier molecular flexibility index (Phi) is 6.52. The largest absolute Gasteiger partial charge is 0.484 e. The number of ether oxygens (including phenoxy) is 1. The number of amides is 1. The maximum atomic E-state index is 11.9. The molecule has 0 fully saturated rings. The van der Waals surface area contributed by atoms with Crippen LogP contribution < -0.4 is 10.2 Å². The predicted molar refractivity (Wildman–Crippen MR) is 108 cm³/mol. The average molecular weight is 361 g/mol. The van der Waals surface area contributed by atoms with E-state index in [1.54, 1.807) is 12.4 Å². The van der Waals surface area contributed by atoms with Crippen molar-refractivity contribution in [3.05, 3.63) is 71.9 Å². The van der Waals surface area contributed by atoms with Crippen LogP contribution in [0, 0.1) is 0 Å². The topological polar surface area (TPSA) is 63.6 Å². The molecule has 0 aliphatic rings. The van der Waals surface area contributed by atoms with E-state index in [1.807, 2.05) is 54.6 Å². The molecule has 3 rings (SSSR count). The number of carbonyl (C=O) groups excluding carboxylic acids is 1. The average Bonchev–Trinajstić information content (AvgIpc) is 2.71. The monoisotopic (exact) mass is 361 g/mol. The van der Waals surface area contributed by atoms with E-state index in [-0.39, 0.29) is 12.5 Å². The zero-order chi connectivity index (χ0) is 18.9. The number of pyridine rings is 1. The molecular formula is C22H23N3O2. The zero-order valence-corrected chi connectivity index (χ0v) is 15.4. The van der Waals surface area contributed by atoms with Gasteiger partial charge in [-0.25, -0.2) is 5.43 Å². The molecule has 0 aliphatic carbocycles. The maximum Gasteiger partial charge on any atom is 0.277 e. The second-order valence-electron chi connectivity index (χ2n) is 6.25. The highest BCUT2D eigenvalue weighted by Crippen LogP contribution is 2.15. The van der Waals surface area contributed by atoms with Gasteiger partial charge in [-0.15, -0.1) is 0 Å². The van der Waals surface area contributed by atoms with Crippen LogP contribution in [0.3, 0.4) is 0 Å². The summed E-state index contributed by atoms with van der Waals surface area (Å²) in [6, 6.07) is 17.6. The Bertz CT molecular complexity index is 915. The van der Waals surface area contributed by atoms with Crippen LogP contribution in [0.2, 0.25) is 0 Å². The van der Waals surface area contributed by atoms with Crippen molar-refractivity contribution in [3.63, 3.8) is 0 Å². The van der Waals surface area contributed by atoms with Gasteiger partial charge in [-0.1, -0.05) is 49.7 Å². The molecule has 0 unspecified atom stereocenters. The van der Waals surface area contributed by atoms with E-state index >= 15 is 0 Å². The fourth-order valence-electron chi connectivity index (χ4n) is 2.72. The summed E-state index contributed by atoms with van der Waals surface area (Å²) in [5.41, 5.74) is 5.45. The van der Waals surface area contributed by atoms with Gasteiger partial charge < -0.3 is 4.74 Å². The molecule has 0 spiro atoms. The third kappa shape index (κ3) is 5.38. The molecule has 3 aromatic rings. The highest BCUT2D eigenvalue weighted by Gasteiger charge is 2.03. The van der Waals surface area contributed by atoms with Gasteiger partial charge in [0.2, 0.25) is 0 Å². The number of rotatable bonds is 8. The number of hydrogen-bond acceptors (Lipinski definition) is 4. The van der Waals surface area contributed by atoms with Crippen LogP contribution in [0.25, 0.3) is 10.9 Å². The Morgan fingerprint density at radius 1 is 1.15 bits per heavy atom. The lowest BCUT2D eigenvalue weighted by molar-refractivity contribution is -0.123. The molecule has 1 N–H and O–H groups in total. The molecule has 1 aromatic heterocycles. The summed E-state index contributed by atoms with van der Waals surface area (Å²) in [4.78, 5) is 16.3. The first-order valence-corrected chi connectivity index (χ1v) is 9.13. The number of unbranched alkanes of at least 4 members (excludes halogenated alkanes) is 1. The highest BCUT2D eigenvalue weighted by molar-refractivity contribution is 5.97. The van der Waals surface area contributed by atoms with Gasteiger partial charge in [-0.05, 0) is 36.6 Å². The van der Waals surface area contributed by atoms with Crippen LogP contribution >= 0.6 is 0 Å². The summed E-state index contributed by atoms with van der Waals surface area (Å²) in [6.07, 6.45) is 6.74. The quantitative estimate of drug-likeness (QED) is 0.485. The first-order chi connectivity index (χ1) is 13.3. The molecule has 27 heavy (non-hydrogen) atoms. The van der Waals surface area contributed by atoms with Crippen LogP contribution in [0.1, 0.15) is 30.9 Å². The number of hydrazone groups is 1. The summed E-state index contributed by atoms with van der Waals surface area (Å²) >= 11 is 0. The standard InChI is InChI=1S/C22H23N3O2/c1-2-3-6-17-10-12-20(13-11-17)27-16-21(26)25-24-15-19-8-4-7-18-9-5-14-23-22(18)19/h4-5,7-15H,2-3,6,16H2,1H3,(H,25,26)/b24-15-. The van der Waals surface area contributed by atoms with Crippen molar-refractivity contribution in [2.45, 2.75) is 26.2 Å². The van der Waals surface area contributed by atoms with E-state index in [2.05, 4.69) is 22.4 Å². The fraction of sp³-hybridized carbons (Fsp3) is 0.227. The lowest BCUT2D eigenvalue weighted by Gasteiger charge is -2.06. The minimum absolute atomic E-state index is 0.0839. The van der Waals surface area contributed by atoms with Crippen LogP contribution in [0.4, 0.5) is 0 Å². The molecule has 2 aromatic carbocycles. The molecule has 0 saturated heterocycles. The maximum absolute atomic E-state index is 11.9. The summed E-state index contributed by atoms with van der Waals surface area (Å²) < 4.78 is 5.50. The zero-order valence-electron chi connectivity index (χ0n) is 15.4. The van der Waals surface area contributed by atoms with Gasteiger partial charge in [0.25, 0.3) is 5.91 Å². The minimum atomic E-state index is -0.311. The number of hydrogen-bond donors (Lipinski definition) is 1. The predicted octanol–water partition coefficient (Wildman–Crippen LogP) is 4.11. The van der Waals surface area contributed by atoms with Crippen molar-refractivity contribution >= 4 is 23.0 Å². The third-order valence-electron chi connectivity index (χ3n) is 4.17. The highest BCUT2D eigenvalue weighted by atomic mass is 16.5. The van der Waals surface area contributed by atoms with E-state index < -0.39 is 0 Å². The molecule has 138 valence electrons. The molecule has 5 heteroatoms. The normalized spacial score (nSPS) is 11.0. The van der Waals surface area contributed by atoms with E-state index in [0.717, 1.165) is 22.9 Å².